The summed E-state index contributed by atoms with van der Waals surface area (Å²) in [5.41, 5.74) is 8.88. The van der Waals surface area contributed by atoms with Gasteiger partial charge in [0.2, 0.25) is 5.78 Å². The third-order valence-electron chi connectivity index (χ3n) is 7.58. The van der Waals surface area contributed by atoms with Crippen LogP contribution in [0, 0.1) is 17.2 Å². The number of nitrogens with two attached hydrogens (primary N) is 2. The molecule has 1 saturated carbocycles. The second-order valence-corrected chi connectivity index (χ2v) is 9.88. The van der Waals surface area contributed by atoms with E-state index in [-0.39, 0.29) is 35.6 Å². The van der Waals surface area contributed by atoms with Crippen molar-refractivity contribution in [2.45, 2.75) is 44.2 Å². The highest BCUT2D eigenvalue weighted by Crippen LogP contribution is 2.52. The van der Waals surface area contributed by atoms with Crippen LogP contribution in [0.5, 0.6) is 5.75 Å². The minimum Gasteiger partial charge on any atom is -0.510 e. The molecular weight excluding hydrogens is 468 g/mol. The third kappa shape index (κ3) is 2.99. The number of primary amides is 1. The lowest BCUT2D eigenvalue weighted by Gasteiger charge is -2.49. The van der Waals surface area contributed by atoms with Crippen molar-refractivity contribution in [1.29, 1.82) is 5.41 Å². The molecule has 0 unspecified atom stereocenters. The fourth-order valence-corrected chi connectivity index (χ4v) is 5.68. The van der Waals surface area contributed by atoms with Crippen molar-refractivity contribution < 1.29 is 34.5 Å². The number of fused-ring (bicyclic) bond motifs is 3. The average molecular weight is 495 g/mol. The Labute approximate surface area is 205 Å². The fourth-order valence-electron chi connectivity index (χ4n) is 5.68. The summed E-state index contributed by atoms with van der Waals surface area (Å²) in [6.07, 6.45) is 0.172. The van der Waals surface area contributed by atoms with Gasteiger partial charge in [-0.15, -0.1) is 0 Å². The molecule has 3 aliphatic rings. The molecule has 1 aromatic carbocycles. The molecule has 5 rings (SSSR count). The van der Waals surface area contributed by atoms with E-state index in [1.54, 1.807) is 12.1 Å². The van der Waals surface area contributed by atoms with Crippen LogP contribution in [-0.2, 0) is 16.0 Å². The summed E-state index contributed by atoms with van der Waals surface area (Å²) >= 11 is 0. The maximum atomic E-state index is 13.7. The van der Waals surface area contributed by atoms with Crippen LogP contribution in [0.2, 0.25) is 0 Å². The summed E-state index contributed by atoms with van der Waals surface area (Å²) in [6, 6.07) is 3.42. The SMILES string of the molecule is CC(C)c1cc(-c2ccc(O)c3c2C[C@H]2C[C@H]4[C@@H](N)C(O)=C(C(N)=O)C(=N)[C@@]4(O)C(=O)C2=C3O)on1. The van der Waals surface area contributed by atoms with Crippen LogP contribution in [0.3, 0.4) is 0 Å². The number of aromatic hydroxyl groups is 1. The largest absolute Gasteiger partial charge is 0.510 e. The van der Waals surface area contributed by atoms with Gasteiger partial charge < -0.3 is 41.8 Å². The fraction of sp³-hybridized carbons (Fsp3) is 0.360. The molecule has 4 atom stereocenters. The van der Waals surface area contributed by atoms with Crippen LogP contribution in [-0.4, -0.2) is 54.6 Å². The summed E-state index contributed by atoms with van der Waals surface area (Å²) in [7, 11) is 0. The van der Waals surface area contributed by atoms with Gasteiger partial charge in [0.1, 0.15) is 22.8 Å². The number of amides is 1. The molecule has 2 aromatic rings. The van der Waals surface area contributed by atoms with Crippen molar-refractivity contribution in [2.75, 3.05) is 0 Å². The summed E-state index contributed by atoms with van der Waals surface area (Å²) < 4.78 is 5.52. The molecule has 11 heteroatoms. The number of nitrogens with one attached hydrogen (secondary N) is 1. The molecule has 1 fully saturated rings. The number of carbonyl (C=O) groups excluding carboxylic acids is 2. The van der Waals surface area contributed by atoms with Gasteiger partial charge in [-0.05, 0) is 42.4 Å². The molecule has 1 aromatic heterocycles. The Morgan fingerprint density at radius 3 is 2.58 bits per heavy atom. The lowest BCUT2D eigenvalue weighted by atomic mass is 9.57. The van der Waals surface area contributed by atoms with Gasteiger partial charge in [-0.2, -0.15) is 0 Å². The molecule has 36 heavy (non-hydrogen) atoms. The second kappa shape index (κ2) is 7.77. The zero-order valence-corrected chi connectivity index (χ0v) is 19.6. The van der Waals surface area contributed by atoms with E-state index in [1.807, 2.05) is 13.8 Å². The maximum Gasteiger partial charge on any atom is 0.254 e. The number of rotatable bonds is 3. The number of aliphatic hydroxyl groups is 3. The van der Waals surface area contributed by atoms with Crippen LogP contribution in [0.1, 0.15) is 43.0 Å². The number of phenolic OH excluding ortho intramolecular Hbond substituents is 1. The molecule has 0 radical (unpaired) electrons. The molecule has 9 N–H and O–H groups in total. The van der Waals surface area contributed by atoms with Crippen LogP contribution in [0.25, 0.3) is 17.1 Å². The number of benzene rings is 1. The van der Waals surface area contributed by atoms with Crippen molar-refractivity contribution in [3.63, 3.8) is 0 Å². The first kappa shape index (κ1) is 23.8. The van der Waals surface area contributed by atoms with Crippen molar-refractivity contribution in [2.24, 2.45) is 23.3 Å². The van der Waals surface area contributed by atoms with Gasteiger partial charge in [-0.25, -0.2) is 0 Å². The second-order valence-electron chi connectivity index (χ2n) is 9.88. The summed E-state index contributed by atoms with van der Waals surface area (Å²) in [5.74, 6) is -5.00. The molecule has 0 aliphatic heterocycles. The Balaban J connectivity index is 1.68. The predicted molar refractivity (Wildman–Crippen MR) is 127 cm³/mol. The van der Waals surface area contributed by atoms with Crippen molar-refractivity contribution in [3.8, 4) is 17.1 Å². The predicted octanol–water partition coefficient (Wildman–Crippen LogP) is 1.59. The smallest absolute Gasteiger partial charge is 0.254 e. The van der Waals surface area contributed by atoms with Gasteiger partial charge in [-0.1, -0.05) is 19.0 Å². The number of carbonyl (C=O) groups is 2. The van der Waals surface area contributed by atoms with Crippen LogP contribution < -0.4 is 11.5 Å². The minimum absolute atomic E-state index is 0.00344. The van der Waals surface area contributed by atoms with Crippen molar-refractivity contribution >= 4 is 23.2 Å². The van der Waals surface area contributed by atoms with Crippen LogP contribution >= 0.6 is 0 Å². The Hall–Kier alpha value is -3.96. The molecule has 0 saturated heterocycles. The van der Waals surface area contributed by atoms with Gasteiger partial charge in [-0.3, -0.25) is 9.59 Å². The van der Waals surface area contributed by atoms with Gasteiger partial charge in [0.15, 0.2) is 11.4 Å². The van der Waals surface area contributed by atoms with Crippen LogP contribution in [0.15, 0.2) is 39.6 Å². The van der Waals surface area contributed by atoms with E-state index in [9.17, 15) is 30.0 Å². The minimum atomic E-state index is -2.59. The van der Waals surface area contributed by atoms with Gasteiger partial charge in [0.05, 0.1) is 23.0 Å². The lowest BCUT2D eigenvalue weighted by Crippen LogP contribution is -2.66. The zero-order valence-electron chi connectivity index (χ0n) is 19.6. The number of aromatic nitrogens is 1. The van der Waals surface area contributed by atoms with E-state index in [0.717, 1.165) is 5.69 Å². The molecular formula is C25H26N4O7. The number of hydrogen-bond donors (Lipinski definition) is 7. The van der Waals surface area contributed by atoms with E-state index >= 15 is 0 Å². The van der Waals surface area contributed by atoms with Gasteiger partial charge in [0.25, 0.3) is 5.91 Å². The summed E-state index contributed by atoms with van der Waals surface area (Å²) in [6.45, 7) is 3.92. The number of phenols is 1. The molecule has 188 valence electrons. The number of nitrogens with zero attached hydrogens (tertiary/aromatic N) is 1. The van der Waals surface area contributed by atoms with Gasteiger partial charge >= 0.3 is 0 Å². The Morgan fingerprint density at radius 1 is 1.28 bits per heavy atom. The number of aliphatic hydroxyl groups excluding tert-OH is 2. The number of Topliss-reactive ketones (excluding diaryl/α,β-unsaturated/α-hetero) is 1. The normalized spacial score (nSPS) is 27.8. The third-order valence-corrected chi connectivity index (χ3v) is 7.58. The molecule has 0 bridgehead atoms. The molecule has 1 heterocycles. The van der Waals surface area contributed by atoms with Crippen LogP contribution in [0.4, 0.5) is 0 Å². The quantitative estimate of drug-likeness (QED) is 0.329. The lowest BCUT2D eigenvalue weighted by molar-refractivity contribution is -0.136. The topological polar surface area (TPSA) is 217 Å². The Bertz CT molecular complexity index is 1420. The van der Waals surface area contributed by atoms with Gasteiger partial charge in [0, 0.05) is 23.1 Å². The van der Waals surface area contributed by atoms with E-state index in [2.05, 4.69) is 5.16 Å². The highest BCUT2D eigenvalue weighted by atomic mass is 16.5. The molecule has 3 aliphatic carbocycles. The molecule has 11 nitrogen and oxygen atoms in total. The van der Waals surface area contributed by atoms with E-state index < -0.39 is 58.0 Å². The average Bonchev–Trinajstić information content (AvgIpc) is 3.30. The maximum absolute atomic E-state index is 13.7. The summed E-state index contributed by atoms with van der Waals surface area (Å²) in [4.78, 5) is 25.6. The highest BCUT2D eigenvalue weighted by molar-refractivity contribution is 6.33. The Kier molecular flexibility index (Phi) is 5.13. The first-order valence-electron chi connectivity index (χ1n) is 11.5. The molecule has 0 spiro atoms. The first-order chi connectivity index (χ1) is 16.9. The Morgan fingerprint density at radius 2 is 1.97 bits per heavy atom. The molecule has 1 amide bonds. The van der Waals surface area contributed by atoms with E-state index in [4.69, 9.17) is 21.4 Å². The van der Waals surface area contributed by atoms with E-state index in [0.29, 0.717) is 16.9 Å². The number of ketones is 1. The van der Waals surface area contributed by atoms with Crippen molar-refractivity contribution in [1.82, 2.24) is 5.16 Å². The highest BCUT2D eigenvalue weighted by Gasteiger charge is 2.62. The first-order valence-corrected chi connectivity index (χ1v) is 11.5. The van der Waals surface area contributed by atoms with Crippen molar-refractivity contribution in [3.05, 3.63) is 51.9 Å². The monoisotopic (exact) mass is 494 g/mol. The number of hydrogen-bond acceptors (Lipinski definition) is 10. The zero-order chi connectivity index (χ0) is 26.3. The summed E-state index contributed by atoms with van der Waals surface area (Å²) in [5, 5.41) is 56.3. The standard InChI is InChI=1S/C25H26N4O7/c1-8(2)13-7-15(36-29-13)10-3-4-14(30)17-11(10)5-9-6-12-19(26)21(32)18(24(28)34)22(27)25(12,35)23(33)16(9)20(17)31/h3-4,7-9,12,19,27,30-32,35H,5-6,26H2,1-2H3,(H2,28,34)/t9-,12-,19+,25+/m0/s1. The van der Waals surface area contributed by atoms with E-state index in [1.165, 1.54) is 6.07 Å².